The fourth-order valence-corrected chi connectivity index (χ4v) is 3.79. The minimum Gasteiger partial charge on any atom is -0.372 e. The van der Waals surface area contributed by atoms with Gasteiger partial charge in [0.2, 0.25) is 0 Å². The van der Waals surface area contributed by atoms with Crippen molar-refractivity contribution in [1.82, 2.24) is 4.90 Å². The highest BCUT2D eigenvalue weighted by atomic mass is 16.2. The quantitative estimate of drug-likeness (QED) is 0.676. The molecular weight excluding hydrogens is 374 g/mol. The lowest BCUT2D eigenvalue weighted by atomic mass is 9.99. The van der Waals surface area contributed by atoms with E-state index in [1.54, 1.807) is 0 Å². The molecule has 3 rings (SSSR count). The Labute approximate surface area is 179 Å². The van der Waals surface area contributed by atoms with Crippen molar-refractivity contribution in [3.8, 4) is 0 Å². The molecule has 1 N–H and O–H groups in total. The van der Waals surface area contributed by atoms with Crippen LogP contribution in [0.15, 0.2) is 48.2 Å². The Kier molecular flexibility index (Phi) is 6.30. The van der Waals surface area contributed by atoms with E-state index in [0.717, 1.165) is 41.2 Å². The zero-order chi connectivity index (χ0) is 22.0. The number of carbonyl (C=O) groups is 2. The van der Waals surface area contributed by atoms with Gasteiger partial charge < -0.3 is 10.2 Å². The van der Waals surface area contributed by atoms with Gasteiger partial charge in [-0.3, -0.25) is 14.5 Å². The summed E-state index contributed by atoms with van der Waals surface area (Å²) in [5, 5.41) is 3.24. The fourth-order valence-electron chi connectivity index (χ4n) is 3.79. The number of imide groups is 1. The summed E-state index contributed by atoms with van der Waals surface area (Å²) >= 11 is 0. The highest BCUT2D eigenvalue weighted by Crippen LogP contribution is 2.32. The number of carbonyl (C=O) groups excluding carboxylic acids is 2. The number of hydrogen-bond acceptors (Lipinski definition) is 4. The molecule has 2 aromatic carbocycles. The van der Waals surface area contributed by atoms with Gasteiger partial charge in [-0.05, 0) is 82.5 Å². The van der Waals surface area contributed by atoms with Crippen LogP contribution in [0.25, 0.3) is 5.57 Å². The van der Waals surface area contributed by atoms with E-state index in [0.29, 0.717) is 11.3 Å². The first-order valence-electron chi connectivity index (χ1n) is 10.6. The highest BCUT2D eigenvalue weighted by molar-refractivity contribution is 6.36. The smallest absolute Gasteiger partial charge is 0.278 e. The van der Waals surface area contributed by atoms with E-state index in [1.807, 2.05) is 70.2 Å². The van der Waals surface area contributed by atoms with Gasteiger partial charge in [0.05, 0.1) is 5.57 Å². The van der Waals surface area contributed by atoms with Crippen LogP contribution in [0, 0.1) is 13.8 Å². The molecule has 2 aromatic rings. The lowest BCUT2D eigenvalue weighted by molar-refractivity contribution is -0.138. The Morgan fingerprint density at radius 2 is 1.53 bits per heavy atom. The van der Waals surface area contributed by atoms with Crippen molar-refractivity contribution in [3.05, 3.63) is 64.9 Å². The maximum Gasteiger partial charge on any atom is 0.278 e. The number of nitrogens with zero attached hydrogens (tertiary/aromatic N) is 2. The maximum atomic E-state index is 13.2. The van der Waals surface area contributed by atoms with Crippen LogP contribution in [-0.4, -0.2) is 35.8 Å². The van der Waals surface area contributed by atoms with Crippen LogP contribution < -0.4 is 10.2 Å². The molecule has 1 aliphatic rings. The van der Waals surface area contributed by atoms with Crippen molar-refractivity contribution >= 4 is 28.8 Å². The van der Waals surface area contributed by atoms with Gasteiger partial charge in [0.25, 0.3) is 11.8 Å². The third-order valence-corrected chi connectivity index (χ3v) is 5.69. The second kappa shape index (κ2) is 8.74. The minimum atomic E-state index is -0.281. The topological polar surface area (TPSA) is 52.7 Å². The number of anilines is 2. The van der Waals surface area contributed by atoms with Gasteiger partial charge in [-0.15, -0.1) is 0 Å². The third-order valence-electron chi connectivity index (χ3n) is 5.69. The van der Waals surface area contributed by atoms with E-state index in [-0.39, 0.29) is 17.9 Å². The Balaban J connectivity index is 2.02. The third kappa shape index (κ3) is 3.97. The van der Waals surface area contributed by atoms with Crippen LogP contribution in [0.3, 0.4) is 0 Å². The molecule has 0 atom stereocenters. The summed E-state index contributed by atoms with van der Waals surface area (Å²) in [6, 6.07) is 13.6. The lowest BCUT2D eigenvalue weighted by Crippen LogP contribution is -2.38. The summed E-state index contributed by atoms with van der Waals surface area (Å²) in [6.07, 6.45) is 0. The van der Waals surface area contributed by atoms with Crippen LogP contribution in [-0.2, 0) is 9.59 Å². The van der Waals surface area contributed by atoms with Gasteiger partial charge >= 0.3 is 0 Å². The molecule has 158 valence electrons. The Hall–Kier alpha value is -3.08. The largest absolute Gasteiger partial charge is 0.372 e. The molecule has 5 heteroatoms. The van der Waals surface area contributed by atoms with Gasteiger partial charge in [0, 0.05) is 30.5 Å². The van der Waals surface area contributed by atoms with Gasteiger partial charge in [-0.25, -0.2) is 0 Å². The molecule has 0 bridgehead atoms. The molecule has 1 heterocycles. The average molecular weight is 406 g/mol. The first kappa shape index (κ1) is 21.6. The van der Waals surface area contributed by atoms with E-state index in [1.165, 1.54) is 4.90 Å². The van der Waals surface area contributed by atoms with E-state index < -0.39 is 0 Å². The molecular formula is C25H31N3O2. The summed E-state index contributed by atoms with van der Waals surface area (Å²) < 4.78 is 0. The minimum absolute atomic E-state index is 0.212. The number of aryl methyl sites for hydroxylation is 2. The molecule has 30 heavy (non-hydrogen) atoms. The molecule has 0 radical (unpaired) electrons. The van der Waals surface area contributed by atoms with Crippen molar-refractivity contribution in [2.24, 2.45) is 0 Å². The Morgan fingerprint density at radius 3 is 2.07 bits per heavy atom. The van der Waals surface area contributed by atoms with Gasteiger partial charge in [-0.2, -0.15) is 0 Å². The normalized spacial score (nSPS) is 14.2. The molecule has 0 saturated carbocycles. The van der Waals surface area contributed by atoms with Crippen molar-refractivity contribution in [3.63, 3.8) is 0 Å². The van der Waals surface area contributed by atoms with Crippen molar-refractivity contribution in [1.29, 1.82) is 0 Å². The SMILES string of the molecule is CCN(CC)c1ccc(NC2=C(c3ccc(C)c(C)c3)C(=O)N(C(C)C)C2=O)cc1. The number of nitrogens with one attached hydrogen (secondary N) is 1. The molecule has 0 fully saturated rings. The molecule has 0 aromatic heterocycles. The molecule has 2 amide bonds. The highest BCUT2D eigenvalue weighted by Gasteiger charge is 2.40. The standard InChI is InChI=1S/C25H31N3O2/c1-7-27(8-2)21-13-11-20(12-14-21)26-23-22(19-10-9-17(5)18(6)15-19)24(29)28(16(3)4)25(23)30/h9-16,26H,7-8H2,1-6H3. The van der Waals surface area contributed by atoms with Gasteiger partial charge in [-0.1, -0.05) is 18.2 Å². The average Bonchev–Trinajstić information content (AvgIpc) is 2.96. The van der Waals surface area contributed by atoms with Crippen LogP contribution in [0.4, 0.5) is 11.4 Å². The summed E-state index contributed by atoms with van der Waals surface area (Å²) in [6.45, 7) is 13.9. The fraction of sp³-hybridized carbons (Fsp3) is 0.360. The van der Waals surface area contributed by atoms with Crippen LogP contribution in [0.2, 0.25) is 0 Å². The molecule has 1 aliphatic heterocycles. The number of benzene rings is 2. The van der Waals surface area contributed by atoms with E-state index in [9.17, 15) is 9.59 Å². The molecule has 0 spiro atoms. The van der Waals surface area contributed by atoms with Crippen LogP contribution >= 0.6 is 0 Å². The van der Waals surface area contributed by atoms with E-state index in [4.69, 9.17) is 0 Å². The van der Waals surface area contributed by atoms with Crippen molar-refractivity contribution in [2.75, 3.05) is 23.3 Å². The second-order valence-corrected chi connectivity index (χ2v) is 7.97. The molecule has 0 unspecified atom stereocenters. The van der Waals surface area contributed by atoms with Crippen molar-refractivity contribution < 1.29 is 9.59 Å². The van der Waals surface area contributed by atoms with Gasteiger partial charge in [0.1, 0.15) is 5.70 Å². The first-order chi connectivity index (χ1) is 14.3. The molecule has 0 saturated heterocycles. The molecule has 0 aliphatic carbocycles. The summed E-state index contributed by atoms with van der Waals surface area (Å²) in [5.74, 6) is -0.531. The number of amides is 2. The summed E-state index contributed by atoms with van der Waals surface area (Å²) in [4.78, 5) is 29.9. The zero-order valence-electron chi connectivity index (χ0n) is 18.7. The predicted octanol–water partition coefficient (Wildman–Crippen LogP) is 4.75. The lowest BCUT2D eigenvalue weighted by Gasteiger charge is -2.21. The van der Waals surface area contributed by atoms with E-state index >= 15 is 0 Å². The summed E-state index contributed by atoms with van der Waals surface area (Å²) in [7, 11) is 0. The monoisotopic (exact) mass is 405 g/mol. The maximum absolute atomic E-state index is 13.2. The first-order valence-corrected chi connectivity index (χ1v) is 10.6. The van der Waals surface area contributed by atoms with Gasteiger partial charge in [0.15, 0.2) is 0 Å². The number of hydrogen-bond donors (Lipinski definition) is 1. The predicted molar refractivity (Wildman–Crippen MR) is 123 cm³/mol. The Morgan fingerprint density at radius 1 is 0.900 bits per heavy atom. The van der Waals surface area contributed by atoms with Crippen LogP contribution in [0.5, 0.6) is 0 Å². The van der Waals surface area contributed by atoms with Crippen molar-refractivity contribution in [2.45, 2.75) is 47.6 Å². The second-order valence-electron chi connectivity index (χ2n) is 7.97. The van der Waals surface area contributed by atoms with Crippen LogP contribution in [0.1, 0.15) is 44.4 Å². The summed E-state index contributed by atoms with van der Waals surface area (Å²) in [5.41, 5.74) is 5.70. The number of rotatable bonds is 7. The van der Waals surface area contributed by atoms with E-state index in [2.05, 4.69) is 24.1 Å². The Bertz CT molecular complexity index is 986. The molecule has 5 nitrogen and oxygen atoms in total. The zero-order valence-corrected chi connectivity index (χ0v) is 18.7.